The smallest absolute Gasteiger partial charge is 0.263 e. The van der Waals surface area contributed by atoms with Gasteiger partial charge in [-0.15, -0.1) is 39.5 Å². The Kier molecular flexibility index (Phi) is 12.9. The highest BCUT2D eigenvalue weighted by Gasteiger charge is 2.49. The van der Waals surface area contributed by atoms with Crippen LogP contribution in [0.4, 0.5) is 0 Å². The Morgan fingerprint density at radius 1 is 0.759 bits per heavy atom. The minimum Gasteiger partial charge on any atom is -0.418 e. The maximum Gasteiger partial charge on any atom is 0.263 e. The first kappa shape index (κ1) is 26.9. The first-order chi connectivity index (χ1) is 13.9. The van der Waals surface area contributed by atoms with Gasteiger partial charge in [-0.3, -0.25) is 4.79 Å². The molecule has 29 heavy (non-hydrogen) atoms. The van der Waals surface area contributed by atoms with Crippen molar-refractivity contribution in [3.63, 3.8) is 0 Å². The van der Waals surface area contributed by atoms with Crippen LogP contribution in [0, 0.1) is 0 Å². The largest absolute Gasteiger partial charge is 0.418 e. The minimum absolute atomic E-state index is 0.374. The van der Waals surface area contributed by atoms with Crippen LogP contribution in [0.15, 0.2) is 87.7 Å². The van der Waals surface area contributed by atoms with E-state index in [4.69, 9.17) is 5.73 Å². The van der Waals surface area contributed by atoms with Crippen LogP contribution in [0.2, 0.25) is 36.3 Å². The number of rotatable bonds is 18. The van der Waals surface area contributed by atoms with Gasteiger partial charge in [-0.25, -0.2) is 0 Å². The molecule has 5 heteroatoms. The third-order valence-electron chi connectivity index (χ3n) is 5.21. The van der Waals surface area contributed by atoms with Crippen molar-refractivity contribution >= 4 is 22.4 Å². The summed E-state index contributed by atoms with van der Waals surface area (Å²) in [5.74, 6) is -0.374. The predicted octanol–water partition coefficient (Wildman–Crippen LogP) is 6.46. The number of amides is 1. The molecule has 0 fully saturated rings. The summed E-state index contributed by atoms with van der Waals surface area (Å²) >= 11 is 0. The van der Waals surface area contributed by atoms with Gasteiger partial charge in [0.1, 0.15) is 0 Å². The molecule has 3 nitrogen and oxygen atoms in total. The number of primary amides is 1. The van der Waals surface area contributed by atoms with Gasteiger partial charge >= 0.3 is 0 Å². The average Bonchev–Trinajstić information content (AvgIpc) is 2.66. The summed E-state index contributed by atoms with van der Waals surface area (Å²) in [7, 11) is -4.64. The summed E-state index contributed by atoms with van der Waals surface area (Å²) < 4.78 is 2.48. The summed E-state index contributed by atoms with van der Waals surface area (Å²) in [6.07, 6.45) is 15.6. The van der Waals surface area contributed by atoms with Crippen molar-refractivity contribution in [2.24, 2.45) is 5.73 Å². The van der Waals surface area contributed by atoms with Gasteiger partial charge in [0.25, 0.3) is 5.91 Å². The van der Waals surface area contributed by atoms with Gasteiger partial charge in [-0.1, -0.05) is 55.9 Å². The maximum atomic E-state index is 12.8. The topological polar surface area (TPSA) is 46.3 Å². The molecule has 0 aromatic rings. The Morgan fingerprint density at radius 3 is 1.28 bits per heavy atom. The second-order valence-electron chi connectivity index (χ2n) is 7.48. The third kappa shape index (κ3) is 7.01. The number of carbonyl (C=O) groups is 1. The number of hydrogen-bond donors (Lipinski definition) is 1. The fourth-order valence-electron chi connectivity index (χ4n) is 4.26. The molecule has 160 valence electrons. The van der Waals surface area contributed by atoms with E-state index >= 15 is 0 Å². The Labute approximate surface area is 180 Å². The Hall–Kier alpha value is -2.12. The lowest BCUT2D eigenvalue weighted by molar-refractivity contribution is -0.115. The molecule has 0 aliphatic heterocycles. The summed E-state index contributed by atoms with van der Waals surface area (Å²) in [5, 5.41) is 0. The van der Waals surface area contributed by atoms with E-state index in [-0.39, 0.29) is 5.91 Å². The lowest BCUT2D eigenvalue weighted by atomic mass is 10.3. The molecule has 0 atom stereocenters. The summed E-state index contributed by atoms with van der Waals surface area (Å²) in [6.45, 7) is 26.3. The molecule has 1 amide bonds. The van der Waals surface area contributed by atoms with E-state index in [2.05, 4.69) is 50.6 Å². The highest BCUT2D eigenvalue weighted by molar-refractivity contribution is 6.94. The van der Waals surface area contributed by atoms with Crippen molar-refractivity contribution in [1.29, 1.82) is 0 Å². The lowest BCUT2D eigenvalue weighted by Crippen LogP contribution is -2.66. The summed E-state index contributed by atoms with van der Waals surface area (Å²) in [5.41, 5.74) is 6.63. The Bertz CT molecular complexity index is 546. The minimum atomic E-state index is -2.32. The third-order valence-corrected chi connectivity index (χ3v) is 16.7. The number of nitrogens with zero attached hydrogens (tertiary/aromatic N) is 1. The van der Waals surface area contributed by atoms with E-state index in [1.54, 1.807) is 0 Å². The number of unbranched alkanes of at least 4 members (excludes halogenated alkanes) is 1. The van der Waals surface area contributed by atoms with Crippen molar-refractivity contribution in [1.82, 2.24) is 4.23 Å². The van der Waals surface area contributed by atoms with E-state index in [1.165, 1.54) is 0 Å². The normalized spacial score (nSPS) is 12.0. The van der Waals surface area contributed by atoms with Gasteiger partial charge in [0.15, 0.2) is 16.5 Å². The molecule has 0 aliphatic carbocycles. The van der Waals surface area contributed by atoms with Crippen LogP contribution in [0.25, 0.3) is 0 Å². The molecule has 0 saturated heterocycles. The highest BCUT2D eigenvalue weighted by Crippen LogP contribution is 2.41. The molecule has 0 saturated carbocycles. The van der Waals surface area contributed by atoms with Crippen LogP contribution in [0.5, 0.6) is 0 Å². The van der Waals surface area contributed by atoms with Crippen molar-refractivity contribution < 1.29 is 4.79 Å². The fourth-order valence-corrected chi connectivity index (χ4v) is 16.7. The van der Waals surface area contributed by atoms with Crippen molar-refractivity contribution in [2.75, 3.05) is 0 Å². The number of hydrogen-bond acceptors (Lipinski definition) is 2. The van der Waals surface area contributed by atoms with Crippen LogP contribution < -0.4 is 5.73 Å². The van der Waals surface area contributed by atoms with E-state index in [9.17, 15) is 4.79 Å². The highest BCUT2D eigenvalue weighted by atomic mass is 28.4. The van der Waals surface area contributed by atoms with Crippen LogP contribution in [-0.4, -0.2) is 26.6 Å². The van der Waals surface area contributed by atoms with E-state index < -0.39 is 16.5 Å². The van der Waals surface area contributed by atoms with Crippen LogP contribution in [-0.2, 0) is 4.79 Å². The molecule has 0 unspecified atom stereocenters. The predicted molar refractivity (Wildman–Crippen MR) is 136 cm³/mol. The number of nitrogens with two attached hydrogens (primary N) is 1. The van der Waals surface area contributed by atoms with E-state index in [1.807, 2.05) is 42.5 Å². The maximum absolute atomic E-state index is 12.8. The summed E-state index contributed by atoms with van der Waals surface area (Å²) in [6, 6.07) is 4.93. The van der Waals surface area contributed by atoms with Crippen molar-refractivity contribution in [3.8, 4) is 0 Å². The zero-order chi connectivity index (χ0) is 22.3. The molecule has 0 radical (unpaired) electrons. The molecule has 0 aromatic heterocycles. The zero-order valence-electron chi connectivity index (χ0n) is 18.4. The standard InChI is InChI=1S/C24H40N2OSi2/c1-8-15-16-23(24(25)27)26(28(17-9-2,18-10-3)19-11-4)29(20-12-5,21-13-6)22-14-7/h9-14,16H,2-8,15,17-22H2,1H3,(H2,25,27)/b23-16+. The summed E-state index contributed by atoms with van der Waals surface area (Å²) in [4.78, 5) is 12.8. The van der Waals surface area contributed by atoms with Crippen molar-refractivity contribution in [2.45, 2.75) is 56.0 Å². The number of carbonyl (C=O) groups excluding carboxylic acids is 1. The Morgan fingerprint density at radius 2 is 1.07 bits per heavy atom. The lowest BCUT2D eigenvalue weighted by Gasteiger charge is -2.54. The number of allylic oxidation sites excluding steroid dienone is 7. The van der Waals surface area contributed by atoms with Gasteiger partial charge in [-0.2, -0.15) is 0 Å². The molecule has 0 spiro atoms. The first-order valence-corrected chi connectivity index (χ1v) is 15.5. The van der Waals surface area contributed by atoms with E-state index in [0.717, 1.165) is 49.1 Å². The fraction of sp³-hybridized carbons (Fsp3) is 0.375. The van der Waals surface area contributed by atoms with Crippen LogP contribution >= 0.6 is 0 Å². The molecule has 0 heterocycles. The van der Waals surface area contributed by atoms with Gasteiger partial charge in [0, 0.05) is 0 Å². The molecule has 0 aliphatic rings. The van der Waals surface area contributed by atoms with Gasteiger partial charge in [0.05, 0.1) is 5.70 Å². The quantitative estimate of drug-likeness (QED) is 0.155. The van der Waals surface area contributed by atoms with E-state index in [0.29, 0.717) is 5.70 Å². The average molecular weight is 429 g/mol. The van der Waals surface area contributed by atoms with Gasteiger partial charge in [-0.05, 0) is 42.7 Å². The molecular weight excluding hydrogens is 388 g/mol. The van der Waals surface area contributed by atoms with Crippen LogP contribution in [0.1, 0.15) is 19.8 Å². The molecule has 2 N–H and O–H groups in total. The molecular formula is C24H40N2OSi2. The molecule has 0 rings (SSSR count). The SMILES string of the molecule is C=CC[Si](CC=C)(CC=C)N(/C(=C/CCC)C(N)=O)[Si](CC=C)(CC=C)CC=C. The second-order valence-corrected chi connectivity index (χ2v) is 16.2. The molecule has 0 aromatic carbocycles. The zero-order valence-corrected chi connectivity index (χ0v) is 20.4. The van der Waals surface area contributed by atoms with Gasteiger partial charge in [0.2, 0.25) is 0 Å². The van der Waals surface area contributed by atoms with Gasteiger partial charge < -0.3 is 9.96 Å². The second kappa shape index (κ2) is 14.0. The first-order valence-electron chi connectivity index (χ1n) is 10.3. The monoisotopic (exact) mass is 428 g/mol. The molecule has 0 bridgehead atoms. The van der Waals surface area contributed by atoms with Crippen molar-refractivity contribution in [3.05, 3.63) is 87.7 Å². The van der Waals surface area contributed by atoms with Crippen LogP contribution in [0.3, 0.4) is 0 Å². The Balaban J connectivity index is 7.24.